The van der Waals surface area contributed by atoms with Gasteiger partial charge < -0.3 is 10.1 Å². The Balaban J connectivity index is 1.81. The van der Waals surface area contributed by atoms with Crippen molar-refractivity contribution in [2.24, 2.45) is 7.05 Å². The van der Waals surface area contributed by atoms with Gasteiger partial charge in [0.2, 0.25) is 0 Å². The van der Waals surface area contributed by atoms with Crippen molar-refractivity contribution in [1.82, 2.24) is 14.8 Å². The molecule has 1 aromatic carbocycles. The predicted molar refractivity (Wildman–Crippen MR) is 88.8 cm³/mol. The van der Waals surface area contributed by atoms with E-state index in [1.54, 1.807) is 10.9 Å². The van der Waals surface area contributed by atoms with Crippen molar-refractivity contribution < 1.29 is 9.53 Å². The Morgan fingerprint density at radius 3 is 2.74 bits per heavy atom. The Morgan fingerprint density at radius 2 is 2.04 bits per heavy atom. The minimum atomic E-state index is -0.202. The van der Waals surface area contributed by atoms with E-state index in [2.05, 4.69) is 15.4 Å². The Hall–Kier alpha value is -2.89. The highest BCUT2D eigenvalue weighted by atomic mass is 16.5. The van der Waals surface area contributed by atoms with Crippen LogP contribution >= 0.6 is 0 Å². The van der Waals surface area contributed by atoms with Crippen molar-refractivity contribution in [3.05, 3.63) is 47.8 Å². The summed E-state index contributed by atoms with van der Waals surface area (Å²) in [4.78, 5) is 16.7. The molecule has 0 aliphatic heterocycles. The van der Waals surface area contributed by atoms with E-state index in [1.807, 2.05) is 51.2 Å². The van der Waals surface area contributed by atoms with Crippen LogP contribution in [0, 0.1) is 6.92 Å². The van der Waals surface area contributed by atoms with E-state index in [4.69, 9.17) is 4.74 Å². The van der Waals surface area contributed by atoms with Gasteiger partial charge in [0, 0.05) is 24.3 Å². The molecule has 6 nitrogen and oxygen atoms in total. The third-order valence-electron chi connectivity index (χ3n) is 3.55. The summed E-state index contributed by atoms with van der Waals surface area (Å²) in [6.07, 6.45) is 1.56. The zero-order chi connectivity index (χ0) is 16.4. The Bertz CT molecular complexity index is 853. The minimum Gasteiger partial charge on any atom is -0.494 e. The lowest BCUT2D eigenvalue weighted by Gasteiger charge is -2.07. The van der Waals surface area contributed by atoms with Crippen molar-refractivity contribution in [1.29, 1.82) is 0 Å². The zero-order valence-corrected chi connectivity index (χ0v) is 13.3. The number of aromatic nitrogens is 3. The molecule has 0 aliphatic rings. The molecular weight excluding hydrogens is 292 g/mol. The number of rotatable bonds is 4. The molecule has 6 heteroatoms. The van der Waals surface area contributed by atoms with Gasteiger partial charge in [0.05, 0.1) is 17.9 Å². The maximum absolute atomic E-state index is 12.4. The summed E-state index contributed by atoms with van der Waals surface area (Å²) in [5.74, 6) is 0.575. The monoisotopic (exact) mass is 310 g/mol. The van der Waals surface area contributed by atoms with Crippen LogP contribution in [0.3, 0.4) is 0 Å². The number of ether oxygens (including phenoxy) is 1. The number of benzene rings is 1. The topological polar surface area (TPSA) is 69.0 Å². The first-order chi connectivity index (χ1) is 11.1. The maximum atomic E-state index is 12.4. The number of nitrogens with zero attached hydrogens (tertiary/aromatic N) is 3. The molecule has 2 heterocycles. The summed E-state index contributed by atoms with van der Waals surface area (Å²) >= 11 is 0. The summed E-state index contributed by atoms with van der Waals surface area (Å²) in [6.45, 7) is 4.44. The third kappa shape index (κ3) is 3.01. The SMILES string of the molecule is CCOc1ccc(NC(=O)c2cnc3c(c2)c(C)nn3C)cc1. The average molecular weight is 310 g/mol. The Labute approximate surface area is 134 Å². The lowest BCUT2D eigenvalue weighted by Crippen LogP contribution is -2.12. The number of carbonyl (C=O) groups excluding carboxylic acids is 1. The van der Waals surface area contributed by atoms with Gasteiger partial charge >= 0.3 is 0 Å². The van der Waals surface area contributed by atoms with Gasteiger partial charge in [-0.25, -0.2) is 4.98 Å². The second-order valence-electron chi connectivity index (χ2n) is 5.22. The van der Waals surface area contributed by atoms with Crippen LogP contribution < -0.4 is 10.1 Å². The smallest absolute Gasteiger partial charge is 0.257 e. The molecule has 0 saturated heterocycles. The number of nitrogens with one attached hydrogen (secondary N) is 1. The van der Waals surface area contributed by atoms with E-state index in [9.17, 15) is 4.79 Å². The third-order valence-corrected chi connectivity index (χ3v) is 3.55. The zero-order valence-electron chi connectivity index (χ0n) is 13.3. The van der Waals surface area contributed by atoms with Crippen LogP contribution in [0.4, 0.5) is 5.69 Å². The van der Waals surface area contributed by atoms with Gasteiger partial charge in [-0.2, -0.15) is 5.10 Å². The fourth-order valence-electron chi connectivity index (χ4n) is 2.44. The molecule has 0 fully saturated rings. The summed E-state index contributed by atoms with van der Waals surface area (Å²) in [6, 6.07) is 9.08. The largest absolute Gasteiger partial charge is 0.494 e. The number of amides is 1. The minimum absolute atomic E-state index is 0.202. The molecule has 118 valence electrons. The molecule has 0 spiro atoms. The normalized spacial score (nSPS) is 10.7. The molecular formula is C17H18N4O2. The van der Waals surface area contributed by atoms with Crippen molar-refractivity contribution in [3.8, 4) is 5.75 Å². The highest BCUT2D eigenvalue weighted by molar-refractivity contribution is 6.05. The van der Waals surface area contributed by atoms with Crippen LogP contribution in [0.25, 0.3) is 11.0 Å². The van der Waals surface area contributed by atoms with E-state index < -0.39 is 0 Å². The summed E-state index contributed by atoms with van der Waals surface area (Å²) in [7, 11) is 1.84. The van der Waals surface area contributed by atoms with Crippen molar-refractivity contribution in [3.63, 3.8) is 0 Å². The molecule has 3 rings (SSSR count). The van der Waals surface area contributed by atoms with E-state index >= 15 is 0 Å². The Kier molecular flexibility index (Phi) is 3.97. The molecule has 0 radical (unpaired) electrons. The second-order valence-corrected chi connectivity index (χ2v) is 5.22. The number of hydrogen-bond donors (Lipinski definition) is 1. The van der Waals surface area contributed by atoms with Gasteiger partial charge in [-0.15, -0.1) is 0 Å². The molecule has 0 saturated carbocycles. The highest BCUT2D eigenvalue weighted by Crippen LogP contribution is 2.19. The van der Waals surface area contributed by atoms with Crippen LogP contribution in [0.2, 0.25) is 0 Å². The lowest BCUT2D eigenvalue weighted by molar-refractivity contribution is 0.102. The van der Waals surface area contributed by atoms with Crippen LogP contribution in [0.15, 0.2) is 36.5 Å². The molecule has 0 unspecified atom stereocenters. The molecule has 0 atom stereocenters. The Morgan fingerprint density at radius 1 is 1.30 bits per heavy atom. The number of pyridine rings is 1. The summed E-state index contributed by atoms with van der Waals surface area (Å²) in [5.41, 5.74) is 2.83. The number of hydrogen-bond acceptors (Lipinski definition) is 4. The summed E-state index contributed by atoms with van der Waals surface area (Å²) in [5, 5.41) is 8.05. The van der Waals surface area contributed by atoms with E-state index in [1.165, 1.54) is 0 Å². The molecule has 1 N–H and O–H groups in total. The van der Waals surface area contributed by atoms with Gasteiger partial charge in [-0.05, 0) is 44.2 Å². The van der Waals surface area contributed by atoms with Crippen LogP contribution in [0.5, 0.6) is 5.75 Å². The number of aryl methyl sites for hydroxylation is 2. The molecule has 3 aromatic rings. The molecule has 2 aromatic heterocycles. The van der Waals surface area contributed by atoms with Crippen molar-refractivity contribution in [2.45, 2.75) is 13.8 Å². The maximum Gasteiger partial charge on any atom is 0.257 e. The average Bonchev–Trinajstić information content (AvgIpc) is 2.84. The molecule has 0 aliphatic carbocycles. The molecule has 0 bridgehead atoms. The first-order valence-corrected chi connectivity index (χ1v) is 7.42. The van der Waals surface area contributed by atoms with E-state index in [0.29, 0.717) is 17.9 Å². The van der Waals surface area contributed by atoms with Crippen LogP contribution in [0.1, 0.15) is 23.0 Å². The van der Waals surface area contributed by atoms with Crippen molar-refractivity contribution >= 4 is 22.6 Å². The molecule has 1 amide bonds. The van der Waals surface area contributed by atoms with Crippen LogP contribution in [-0.4, -0.2) is 27.3 Å². The van der Waals surface area contributed by atoms with E-state index in [-0.39, 0.29) is 5.91 Å². The summed E-state index contributed by atoms with van der Waals surface area (Å²) < 4.78 is 7.09. The fourth-order valence-corrected chi connectivity index (χ4v) is 2.44. The second kappa shape index (κ2) is 6.08. The lowest BCUT2D eigenvalue weighted by atomic mass is 10.2. The van der Waals surface area contributed by atoms with E-state index in [0.717, 1.165) is 22.5 Å². The number of fused-ring (bicyclic) bond motifs is 1. The van der Waals surface area contributed by atoms with Gasteiger partial charge in [0.1, 0.15) is 5.75 Å². The number of carbonyl (C=O) groups is 1. The number of anilines is 1. The van der Waals surface area contributed by atoms with Crippen molar-refractivity contribution in [2.75, 3.05) is 11.9 Å². The first-order valence-electron chi connectivity index (χ1n) is 7.42. The molecule has 23 heavy (non-hydrogen) atoms. The quantitative estimate of drug-likeness (QED) is 0.804. The highest BCUT2D eigenvalue weighted by Gasteiger charge is 2.12. The van der Waals surface area contributed by atoms with Gasteiger partial charge in [0.25, 0.3) is 5.91 Å². The van der Waals surface area contributed by atoms with Gasteiger partial charge in [-0.1, -0.05) is 0 Å². The predicted octanol–water partition coefficient (Wildman–Crippen LogP) is 2.93. The van der Waals surface area contributed by atoms with Gasteiger partial charge in [0.15, 0.2) is 5.65 Å². The fraction of sp³-hybridized carbons (Fsp3) is 0.235. The first kappa shape index (κ1) is 15.0. The standard InChI is InChI=1S/C17H18N4O2/c1-4-23-14-7-5-13(6-8-14)19-17(22)12-9-15-11(2)20-21(3)16(15)18-10-12/h5-10H,4H2,1-3H3,(H,19,22). The van der Waals surface area contributed by atoms with Gasteiger partial charge in [-0.3, -0.25) is 9.48 Å². The van der Waals surface area contributed by atoms with Crippen LogP contribution in [-0.2, 0) is 7.05 Å².